The topological polar surface area (TPSA) is 0 Å². The van der Waals surface area contributed by atoms with Crippen LogP contribution in [0.25, 0.3) is 0 Å². The molecular weight excluding hydrogens is 601 g/mol. The fourth-order valence-corrected chi connectivity index (χ4v) is 16.6. The third kappa shape index (κ3) is 11.8. The normalized spacial score (nSPS) is 29.0. The molecule has 4 rings (SSSR count). The van der Waals surface area contributed by atoms with Crippen molar-refractivity contribution < 1.29 is 58.7 Å². The van der Waals surface area contributed by atoms with Gasteiger partial charge in [-0.15, -0.1) is 0 Å². The Bertz CT molecular complexity index is 305. The van der Waals surface area contributed by atoms with Gasteiger partial charge in [-0.3, -0.25) is 0 Å². The molecule has 3 heteroatoms. The Morgan fingerprint density at radius 2 is 0.852 bits per heavy atom. The van der Waals surface area contributed by atoms with Crippen molar-refractivity contribution in [2.75, 3.05) is 0 Å². The number of rotatable bonds is 2. The molecule has 156 valence electrons. The van der Waals surface area contributed by atoms with Gasteiger partial charge in [-0.25, -0.2) is 0 Å². The molecule has 0 aliphatic heterocycles. The van der Waals surface area contributed by atoms with Crippen molar-refractivity contribution >= 4 is 0 Å². The zero-order valence-electron chi connectivity index (χ0n) is 18.5. The van der Waals surface area contributed by atoms with E-state index < -0.39 is 24.6 Å². The Balaban J connectivity index is 0.000000409. The molecule has 4 fully saturated rings. The van der Waals surface area contributed by atoms with Gasteiger partial charge in [0.1, 0.15) is 0 Å². The summed E-state index contributed by atoms with van der Waals surface area (Å²) in [6, 6.07) is 0. The second kappa shape index (κ2) is 16.6. The predicted octanol–water partition coefficient (Wildman–Crippen LogP) is 8.51. The van der Waals surface area contributed by atoms with Crippen LogP contribution in [0.3, 0.4) is 0 Å². The van der Waals surface area contributed by atoms with Gasteiger partial charge >= 0.3 is 130 Å². The summed E-state index contributed by atoms with van der Waals surface area (Å²) in [6.45, 7) is 9.38. The van der Waals surface area contributed by atoms with Gasteiger partial charge in [0.25, 0.3) is 0 Å². The van der Waals surface area contributed by atoms with Gasteiger partial charge in [0.05, 0.1) is 0 Å². The largest absolute Gasteiger partial charge is 2.00 e. The van der Waals surface area contributed by atoms with Crippen LogP contribution in [0, 0.1) is 23.7 Å². The molecule has 0 N–H and O–H groups in total. The Hall–Kier alpha value is 1.97. The third-order valence-corrected chi connectivity index (χ3v) is 20.1. The second-order valence-electron chi connectivity index (χ2n) is 9.44. The Kier molecular flexibility index (Phi) is 17.9. The SMILES string of the molecule is C[C-]1CCCC1.C[C-]1CCCC1.C[C-]1CCC[CH]1[Hg][CH]1CCC[C-]1C.[Fe+2].[Fe+2]. The van der Waals surface area contributed by atoms with Crippen molar-refractivity contribution in [3.8, 4) is 0 Å². The first-order chi connectivity index (χ1) is 12.1. The van der Waals surface area contributed by atoms with Gasteiger partial charge in [0, 0.05) is 0 Å². The fraction of sp³-hybridized carbons (Fsp3) is 0.833. The summed E-state index contributed by atoms with van der Waals surface area (Å²) < 4.78 is 2.41. The molecule has 27 heavy (non-hydrogen) atoms. The summed E-state index contributed by atoms with van der Waals surface area (Å²) in [5, 5.41) is 0. The van der Waals surface area contributed by atoms with Crippen LogP contribution < -0.4 is 0 Å². The monoisotopic (exact) mass is 644 g/mol. The van der Waals surface area contributed by atoms with Gasteiger partial charge < -0.3 is 11.8 Å². The first-order valence-electron chi connectivity index (χ1n) is 11.3. The van der Waals surface area contributed by atoms with E-state index in [1.54, 1.807) is 24.7 Å². The first-order valence-corrected chi connectivity index (χ1v) is 17.7. The minimum atomic E-state index is -0.578. The summed E-state index contributed by atoms with van der Waals surface area (Å²) in [5.74, 6) is 7.19. The molecule has 0 saturated heterocycles. The molecule has 4 aliphatic carbocycles. The molecule has 2 unspecified atom stereocenters. The molecule has 0 heterocycles. The van der Waals surface area contributed by atoms with Gasteiger partial charge in [-0.2, -0.15) is 39.5 Å². The zero-order chi connectivity index (χ0) is 18.1. The van der Waals surface area contributed by atoms with Crippen LogP contribution in [-0.4, -0.2) is 0 Å². The van der Waals surface area contributed by atoms with Crippen molar-refractivity contribution in [2.24, 2.45) is 0 Å². The van der Waals surface area contributed by atoms with E-state index in [9.17, 15) is 0 Å². The van der Waals surface area contributed by atoms with Crippen LogP contribution >= 0.6 is 0 Å². The quantitative estimate of drug-likeness (QED) is 0.209. The molecule has 0 aromatic heterocycles. The first kappa shape index (κ1) is 29.0. The molecule has 0 radical (unpaired) electrons. The zero-order valence-corrected chi connectivity index (χ0v) is 26.2. The van der Waals surface area contributed by atoms with E-state index in [-0.39, 0.29) is 34.1 Å². The van der Waals surface area contributed by atoms with E-state index in [1.807, 2.05) is 11.8 Å². The Labute approximate surface area is 205 Å². The summed E-state index contributed by atoms with van der Waals surface area (Å²) in [7, 11) is 0. The Morgan fingerprint density at radius 1 is 0.519 bits per heavy atom. The molecule has 0 aromatic carbocycles. The summed E-state index contributed by atoms with van der Waals surface area (Å²) in [4.78, 5) is 0. The number of hydrogen-bond donors (Lipinski definition) is 0. The van der Waals surface area contributed by atoms with Gasteiger partial charge in [0.15, 0.2) is 0 Å². The van der Waals surface area contributed by atoms with Crippen LogP contribution in [0.1, 0.15) is 118 Å². The van der Waals surface area contributed by atoms with Gasteiger partial charge in [0.2, 0.25) is 0 Å². The van der Waals surface area contributed by atoms with Crippen molar-refractivity contribution in [1.82, 2.24) is 0 Å². The Morgan fingerprint density at radius 3 is 1.04 bits per heavy atom. The average Bonchev–Trinajstić information content (AvgIpc) is 3.36. The minimum absolute atomic E-state index is 0. The van der Waals surface area contributed by atoms with Gasteiger partial charge in [-0.05, 0) is 0 Å². The standard InChI is InChI=1S/2C6H11.2C6H10.2Fe.Hg/c4*1-6-4-2-3-5-6;;;/h2*2-5H2,1H3;2*4H,2-3,5H2,1H3;;;/q4*-1;2*+2;. The minimum Gasteiger partial charge on any atom is 2.00 e. The van der Waals surface area contributed by atoms with Crippen LogP contribution in [0.2, 0.25) is 6.85 Å². The number of hydrogen-bond acceptors (Lipinski definition) is 0. The average molecular weight is 643 g/mol. The molecule has 4 aliphatic rings. The second-order valence-corrected chi connectivity index (χ2v) is 18.9. The molecule has 0 spiro atoms. The van der Waals surface area contributed by atoms with E-state index in [0.717, 1.165) is 0 Å². The molecule has 0 amide bonds. The van der Waals surface area contributed by atoms with Crippen molar-refractivity contribution in [3.63, 3.8) is 0 Å². The van der Waals surface area contributed by atoms with Crippen LogP contribution in [-0.2, 0) is 58.7 Å². The summed E-state index contributed by atoms with van der Waals surface area (Å²) >= 11 is -0.578. The maximum absolute atomic E-state index is 2.43. The molecule has 0 aromatic rings. The molecule has 0 bridgehead atoms. The van der Waals surface area contributed by atoms with E-state index in [2.05, 4.69) is 27.7 Å². The van der Waals surface area contributed by atoms with E-state index in [1.165, 1.54) is 83.9 Å². The third-order valence-electron chi connectivity index (χ3n) is 7.12. The molecule has 0 nitrogen and oxygen atoms in total. The summed E-state index contributed by atoms with van der Waals surface area (Å²) in [5.41, 5.74) is 0. The van der Waals surface area contributed by atoms with Crippen LogP contribution in [0.4, 0.5) is 0 Å². The maximum Gasteiger partial charge on any atom is 2.00 e. The van der Waals surface area contributed by atoms with Crippen LogP contribution in [0.5, 0.6) is 0 Å². The van der Waals surface area contributed by atoms with Crippen molar-refractivity contribution in [3.05, 3.63) is 23.7 Å². The molecular formula is C24H42Fe2Hg. The predicted molar refractivity (Wildman–Crippen MR) is 108 cm³/mol. The smallest absolute Gasteiger partial charge is 2.00 e. The van der Waals surface area contributed by atoms with Gasteiger partial charge in [-0.1, -0.05) is 25.7 Å². The van der Waals surface area contributed by atoms with E-state index >= 15 is 0 Å². The summed E-state index contributed by atoms with van der Waals surface area (Å²) in [6.07, 6.45) is 20.5. The fourth-order valence-electron chi connectivity index (χ4n) is 5.09. The van der Waals surface area contributed by atoms with Crippen molar-refractivity contribution in [1.29, 1.82) is 0 Å². The molecule has 4 saturated carbocycles. The van der Waals surface area contributed by atoms with Crippen LogP contribution in [0.15, 0.2) is 0 Å². The van der Waals surface area contributed by atoms with E-state index in [0.29, 0.717) is 0 Å². The van der Waals surface area contributed by atoms with E-state index in [4.69, 9.17) is 0 Å². The molecule has 2 atom stereocenters. The van der Waals surface area contributed by atoms with Crippen molar-refractivity contribution in [2.45, 2.75) is 124 Å². The maximum atomic E-state index is 2.43.